The summed E-state index contributed by atoms with van der Waals surface area (Å²) in [5, 5.41) is 11.4. The number of likely N-dealkylation sites (N-methyl/N-ethyl adjacent to an activating group) is 1. The van der Waals surface area contributed by atoms with E-state index in [0.29, 0.717) is 6.42 Å². The highest BCUT2D eigenvalue weighted by Crippen LogP contribution is 2.28. The van der Waals surface area contributed by atoms with E-state index in [1.54, 1.807) is 0 Å². The maximum atomic E-state index is 8.47. The summed E-state index contributed by atoms with van der Waals surface area (Å²) in [6, 6.07) is 8.13. The van der Waals surface area contributed by atoms with Gasteiger partial charge in [-0.05, 0) is 18.7 Å². The Morgan fingerprint density at radius 3 is 3.06 bits per heavy atom. The highest BCUT2D eigenvalue weighted by atomic mass is 16.5. The average Bonchev–Trinajstić information content (AvgIpc) is 2.77. The summed E-state index contributed by atoms with van der Waals surface area (Å²) in [7, 11) is 2.01. The van der Waals surface area contributed by atoms with Crippen molar-refractivity contribution in [3.8, 4) is 5.75 Å². The molecule has 1 aliphatic rings. The molecule has 0 fully saturated rings. The van der Waals surface area contributed by atoms with E-state index in [1.165, 1.54) is 5.56 Å². The Labute approximate surface area is 107 Å². The first kappa shape index (κ1) is 12.7. The monoisotopic (exact) mass is 249 g/mol. The predicted octanol–water partition coefficient (Wildman–Crippen LogP) is 1.06. The highest BCUT2D eigenvalue weighted by Gasteiger charge is 2.23. The van der Waals surface area contributed by atoms with Gasteiger partial charge in [0, 0.05) is 25.9 Å². The van der Waals surface area contributed by atoms with Gasteiger partial charge in [0.25, 0.3) is 0 Å². The molecule has 98 valence electrons. The first-order chi connectivity index (χ1) is 8.69. The molecule has 1 aliphatic heterocycles. The minimum absolute atomic E-state index is 0.194. The van der Waals surface area contributed by atoms with E-state index >= 15 is 0 Å². The lowest BCUT2D eigenvalue weighted by Gasteiger charge is -2.20. The zero-order chi connectivity index (χ0) is 13.0. The number of oxime groups is 1. The van der Waals surface area contributed by atoms with Crippen molar-refractivity contribution >= 4 is 5.84 Å². The lowest BCUT2D eigenvalue weighted by molar-refractivity contribution is 0.170. The van der Waals surface area contributed by atoms with Crippen LogP contribution in [0.25, 0.3) is 0 Å². The lowest BCUT2D eigenvalue weighted by atomic mass is 10.1. The number of fused-ring (bicyclic) bond motifs is 1. The maximum absolute atomic E-state index is 8.47. The van der Waals surface area contributed by atoms with E-state index < -0.39 is 0 Å². The average molecular weight is 249 g/mol. The van der Waals surface area contributed by atoms with Crippen LogP contribution in [0, 0.1) is 0 Å². The minimum Gasteiger partial charge on any atom is -0.488 e. The summed E-state index contributed by atoms with van der Waals surface area (Å²) in [5.41, 5.74) is 6.71. The molecule has 0 saturated carbocycles. The number of rotatable bonds is 5. The van der Waals surface area contributed by atoms with Crippen LogP contribution in [-0.2, 0) is 6.42 Å². The fourth-order valence-corrected chi connectivity index (χ4v) is 2.15. The largest absolute Gasteiger partial charge is 0.488 e. The van der Waals surface area contributed by atoms with Crippen LogP contribution in [0.3, 0.4) is 0 Å². The molecule has 1 atom stereocenters. The Kier molecular flexibility index (Phi) is 4.04. The van der Waals surface area contributed by atoms with Crippen LogP contribution in [-0.4, -0.2) is 42.2 Å². The fourth-order valence-electron chi connectivity index (χ4n) is 2.15. The summed E-state index contributed by atoms with van der Waals surface area (Å²) >= 11 is 0. The van der Waals surface area contributed by atoms with Crippen molar-refractivity contribution in [1.82, 2.24) is 4.90 Å². The van der Waals surface area contributed by atoms with Crippen molar-refractivity contribution in [3.63, 3.8) is 0 Å². The van der Waals surface area contributed by atoms with Gasteiger partial charge < -0.3 is 20.6 Å². The van der Waals surface area contributed by atoms with Crippen molar-refractivity contribution in [2.24, 2.45) is 10.9 Å². The van der Waals surface area contributed by atoms with Crippen molar-refractivity contribution < 1.29 is 9.94 Å². The van der Waals surface area contributed by atoms with Crippen LogP contribution in [0.2, 0.25) is 0 Å². The number of amidine groups is 1. The predicted molar refractivity (Wildman–Crippen MR) is 70.1 cm³/mol. The molecule has 0 aliphatic carbocycles. The molecule has 0 radical (unpaired) electrons. The van der Waals surface area contributed by atoms with Crippen molar-refractivity contribution in [3.05, 3.63) is 29.8 Å². The van der Waals surface area contributed by atoms with Gasteiger partial charge in [-0.2, -0.15) is 0 Å². The number of nitrogens with zero attached hydrogens (tertiary/aromatic N) is 2. The molecule has 1 heterocycles. The maximum Gasteiger partial charge on any atom is 0.140 e. The van der Waals surface area contributed by atoms with Crippen LogP contribution in [0.4, 0.5) is 0 Å². The van der Waals surface area contributed by atoms with Crippen molar-refractivity contribution in [2.75, 3.05) is 20.1 Å². The zero-order valence-electron chi connectivity index (χ0n) is 10.5. The number of hydrogen-bond donors (Lipinski definition) is 2. The Balaban J connectivity index is 1.79. The molecular formula is C13H19N3O2. The van der Waals surface area contributed by atoms with Gasteiger partial charge in [0.05, 0.1) is 0 Å². The first-order valence-electron chi connectivity index (χ1n) is 6.08. The summed E-state index contributed by atoms with van der Waals surface area (Å²) in [5.74, 6) is 1.25. The molecule has 0 saturated heterocycles. The van der Waals surface area contributed by atoms with E-state index in [2.05, 4.69) is 16.1 Å². The van der Waals surface area contributed by atoms with Crippen LogP contribution in [0.1, 0.15) is 12.0 Å². The van der Waals surface area contributed by atoms with Gasteiger partial charge in [-0.3, -0.25) is 0 Å². The highest BCUT2D eigenvalue weighted by molar-refractivity contribution is 5.79. The molecule has 5 heteroatoms. The number of nitrogens with two attached hydrogens (primary N) is 1. The van der Waals surface area contributed by atoms with E-state index in [4.69, 9.17) is 15.7 Å². The smallest absolute Gasteiger partial charge is 0.140 e. The second-order valence-corrected chi connectivity index (χ2v) is 4.66. The molecule has 18 heavy (non-hydrogen) atoms. The van der Waals surface area contributed by atoms with Crippen molar-refractivity contribution in [1.29, 1.82) is 0 Å². The molecular weight excluding hydrogens is 230 g/mol. The van der Waals surface area contributed by atoms with Crippen LogP contribution in [0.15, 0.2) is 29.4 Å². The number of benzene rings is 1. The summed E-state index contributed by atoms with van der Waals surface area (Å²) in [4.78, 5) is 2.13. The van der Waals surface area contributed by atoms with Gasteiger partial charge >= 0.3 is 0 Å². The molecule has 3 N–H and O–H groups in total. The van der Waals surface area contributed by atoms with Gasteiger partial charge in [-0.15, -0.1) is 0 Å². The van der Waals surface area contributed by atoms with Gasteiger partial charge in [0.1, 0.15) is 17.7 Å². The quantitative estimate of drug-likeness (QED) is 0.354. The van der Waals surface area contributed by atoms with E-state index in [1.807, 2.05) is 25.2 Å². The molecule has 1 aromatic carbocycles. The van der Waals surface area contributed by atoms with Gasteiger partial charge in [0.2, 0.25) is 0 Å². The van der Waals surface area contributed by atoms with Gasteiger partial charge in [-0.25, -0.2) is 0 Å². The van der Waals surface area contributed by atoms with Crippen LogP contribution < -0.4 is 10.5 Å². The molecule has 0 aromatic heterocycles. The SMILES string of the molecule is CN(CCC(N)=NO)CC1Cc2ccccc2O1. The Hall–Kier alpha value is -1.75. The third-order valence-electron chi connectivity index (χ3n) is 3.11. The van der Waals surface area contributed by atoms with E-state index in [9.17, 15) is 0 Å². The third-order valence-corrected chi connectivity index (χ3v) is 3.11. The molecule has 0 bridgehead atoms. The Bertz CT molecular complexity index is 409. The topological polar surface area (TPSA) is 71.1 Å². The third kappa shape index (κ3) is 3.13. The molecule has 1 unspecified atom stereocenters. The number of hydrogen-bond acceptors (Lipinski definition) is 4. The Morgan fingerprint density at radius 1 is 1.56 bits per heavy atom. The van der Waals surface area contributed by atoms with E-state index in [0.717, 1.165) is 25.3 Å². The molecule has 1 aromatic rings. The van der Waals surface area contributed by atoms with Crippen LogP contribution >= 0.6 is 0 Å². The van der Waals surface area contributed by atoms with Gasteiger partial charge in [0.15, 0.2) is 0 Å². The standard InChI is InChI=1S/C13H19N3O2/c1-16(7-6-13(14)15-17)9-11-8-10-4-2-3-5-12(10)18-11/h2-5,11,17H,6-9H2,1H3,(H2,14,15). The van der Waals surface area contributed by atoms with Crippen molar-refractivity contribution in [2.45, 2.75) is 18.9 Å². The molecule has 0 amide bonds. The molecule has 5 nitrogen and oxygen atoms in total. The zero-order valence-corrected chi connectivity index (χ0v) is 10.5. The fraction of sp³-hybridized carbons (Fsp3) is 0.462. The summed E-state index contributed by atoms with van der Waals surface area (Å²) in [6.45, 7) is 1.60. The summed E-state index contributed by atoms with van der Waals surface area (Å²) in [6.07, 6.45) is 1.70. The minimum atomic E-state index is 0.194. The van der Waals surface area contributed by atoms with E-state index in [-0.39, 0.29) is 11.9 Å². The second kappa shape index (κ2) is 5.73. The van der Waals surface area contributed by atoms with Gasteiger partial charge in [-0.1, -0.05) is 23.4 Å². The van der Waals surface area contributed by atoms with Crippen LogP contribution in [0.5, 0.6) is 5.75 Å². The molecule has 2 rings (SSSR count). The summed E-state index contributed by atoms with van der Waals surface area (Å²) < 4.78 is 5.86. The molecule has 0 spiro atoms. The normalized spacial score (nSPS) is 18.8. The first-order valence-corrected chi connectivity index (χ1v) is 6.08. The lowest BCUT2D eigenvalue weighted by Crippen LogP contribution is -2.34. The Morgan fingerprint density at radius 2 is 2.33 bits per heavy atom. The number of para-hydroxylation sites is 1. The second-order valence-electron chi connectivity index (χ2n) is 4.66. The number of ether oxygens (including phenoxy) is 1.